The molecule has 1 fully saturated rings. The van der Waals surface area contributed by atoms with Crippen LogP contribution >= 0.6 is 0 Å². The normalized spacial score (nSPS) is 27.7. The predicted octanol–water partition coefficient (Wildman–Crippen LogP) is 1.23. The SMILES string of the molecule is O=C(O)CN(C1CCS(=O)(=O)C1)C1CCCc2occc21. The van der Waals surface area contributed by atoms with Crippen LogP contribution in [0.25, 0.3) is 0 Å². The Kier molecular flexibility index (Phi) is 3.79. The molecule has 0 bridgehead atoms. The van der Waals surface area contributed by atoms with E-state index in [2.05, 4.69) is 0 Å². The molecule has 2 heterocycles. The maximum atomic E-state index is 11.7. The third kappa shape index (κ3) is 2.98. The summed E-state index contributed by atoms with van der Waals surface area (Å²) in [4.78, 5) is 13.1. The van der Waals surface area contributed by atoms with Gasteiger partial charge in [-0.1, -0.05) is 0 Å². The molecule has 1 N–H and O–H groups in total. The zero-order chi connectivity index (χ0) is 15.0. The Morgan fingerprint density at radius 1 is 1.43 bits per heavy atom. The summed E-state index contributed by atoms with van der Waals surface area (Å²) in [6.45, 7) is -0.129. The van der Waals surface area contributed by atoms with Crippen LogP contribution in [0.1, 0.15) is 36.6 Å². The Balaban J connectivity index is 1.89. The molecule has 2 atom stereocenters. The monoisotopic (exact) mass is 313 g/mol. The second kappa shape index (κ2) is 5.46. The highest BCUT2D eigenvalue weighted by molar-refractivity contribution is 7.91. The van der Waals surface area contributed by atoms with E-state index in [-0.39, 0.29) is 30.1 Å². The van der Waals surface area contributed by atoms with E-state index in [1.54, 1.807) is 6.26 Å². The van der Waals surface area contributed by atoms with E-state index in [0.29, 0.717) is 6.42 Å². The maximum absolute atomic E-state index is 11.7. The molecular formula is C14H19NO5S. The Hall–Kier alpha value is -1.34. The molecule has 2 aliphatic rings. The van der Waals surface area contributed by atoms with Crippen molar-refractivity contribution in [1.82, 2.24) is 4.90 Å². The van der Waals surface area contributed by atoms with Gasteiger partial charge in [-0.3, -0.25) is 9.69 Å². The fraction of sp³-hybridized carbons (Fsp3) is 0.643. The Bertz CT molecular complexity index is 636. The van der Waals surface area contributed by atoms with E-state index in [9.17, 15) is 18.3 Å². The number of hydrogen-bond acceptors (Lipinski definition) is 5. The second-order valence-electron chi connectivity index (χ2n) is 5.83. The molecule has 3 rings (SSSR count). The summed E-state index contributed by atoms with van der Waals surface area (Å²) in [5, 5.41) is 9.19. The number of aryl methyl sites for hydroxylation is 1. The quantitative estimate of drug-likeness (QED) is 0.899. The average molecular weight is 313 g/mol. The first-order chi connectivity index (χ1) is 9.96. The Morgan fingerprint density at radius 2 is 2.24 bits per heavy atom. The van der Waals surface area contributed by atoms with E-state index in [1.165, 1.54) is 0 Å². The predicted molar refractivity (Wildman–Crippen MR) is 75.8 cm³/mol. The molecule has 0 aromatic carbocycles. The highest BCUT2D eigenvalue weighted by Crippen LogP contribution is 2.37. The molecule has 7 heteroatoms. The van der Waals surface area contributed by atoms with E-state index in [4.69, 9.17) is 4.42 Å². The second-order valence-corrected chi connectivity index (χ2v) is 8.06. The summed E-state index contributed by atoms with van der Waals surface area (Å²) in [5.41, 5.74) is 1.02. The molecule has 0 amide bonds. The summed E-state index contributed by atoms with van der Waals surface area (Å²) >= 11 is 0. The van der Waals surface area contributed by atoms with Gasteiger partial charge in [0.25, 0.3) is 0 Å². The van der Waals surface area contributed by atoms with Crippen molar-refractivity contribution < 1.29 is 22.7 Å². The minimum absolute atomic E-state index is 0.0538. The van der Waals surface area contributed by atoms with Gasteiger partial charge in [0.2, 0.25) is 0 Å². The smallest absolute Gasteiger partial charge is 0.317 e. The van der Waals surface area contributed by atoms with Crippen molar-refractivity contribution in [3.8, 4) is 0 Å². The van der Waals surface area contributed by atoms with Gasteiger partial charge in [0.1, 0.15) is 5.76 Å². The summed E-state index contributed by atoms with van der Waals surface area (Å²) in [7, 11) is -3.04. The van der Waals surface area contributed by atoms with E-state index >= 15 is 0 Å². The van der Waals surface area contributed by atoms with E-state index in [1.807, 2.05) is 11.0 Å². The average Bonchev–Trinajstić information content (AvgIpc) is 3.01. The number of aliphatic carboxylic acids is 1. The number of rotatable bonds is 4. The van der Waals surface area contributed by atoms with Crippen LogP contribution in [0.5, 0.6) is 0 Å². The zero-order valence-electron chi connectivity index (χ0n) is 11.7. The zero-order valence-corrected chi connectivity index (χ0v) is 12.5. The number of furan rings is 1. The van der Waals surface area contributed by atoms with Gasteiger partial charge in [-0.15, -0.1) is 0 Å². The number of hydrogen-bond donors (Lipinski definition) is 1. The molecule has 0 saturated carbocycles. The maximum Gasteiger partial charge on any atom is 0.317 e. The van der Waals surface area contributed by atoms with Crippen LogP contribution in [-0.4, -0.2) is 48.5 Å². The molecule has 0 radical (unpaired) electrons. The number of fused-ring (bicyclic) bond motifs is 1. The van der Waals surface area contributed by atoms with Crippen molar-refractivity contribution in [3.63, 3.8) is 0 Å². The van der Waals surface area contributed by atoms with Crippen LogP contribution in [0.2, 0.25) is 0 Å². The molecule has 0 spiro atoms. The number of carboxylic acids is 1. The summed E-state index contributed by atoms with van der Waals surface area (Å²) in [6, 6.07) is 1.62. The van der Waals surface area contributed by atoms with Gasteiger partial charge < -0.3 is 9.52 Å². The molecule has 1 aromatic rings. The van der Waals surface area contributed by atoms with Crippen molar-refractivity contribution in [2.45, 2.75) is 37.8 Å². The van der Waals surface area contributed by atoms with Gasteiger partial charge in [0.05, 0.1) is 24.3 Å². The molecule has 2 unspecified atom stereocenters. The lowest BCUT2D eigenvalue weighted by Gasteiger charge is -2.36. The van der Waals surface area contributed by atoms with Crippen LogP contribution in [0.3, 0.4) is 0 Å². The minimum Gasteiger partial charge on any atom is -0.480 e. The van der Waals surface area contributed by atoms with Crippen molar-refractivity contribution >= 4 is 15.8 Å². The Labute approximate surface area is 123 Å². The van der Waals surface area contributed by atoms with E-state index < -0.39 is 15.8 Å². The lowest BCUT2D eigenvalue weighted by molar-refractivity contribution is -0.139. The van der Waals surface area contributed by atoms with Crippen LogP contribution in [0, 0.1) is 0 Å². The number of carboxylic acid groups (broad SMARTS) is 1. The summed E-state index contributed by atoms with van der Waals surface area (Å²) in [5.74, 6) is 0.195. The first kappa shape index (κ1) is 14.6. The highest BCUT2D eigenvalue weighted by atomic mass is 32.2. The molecule has 1 aliphatic heterocycles. The molecule has 116 valence electrons. The molecule has 21 heavy (non-hydrogen) atoms. The van der Waals surface area contributed by atoms with Gasteiger partial charge in [0.15, 0.2) is 9.84 Å². The molecule has 1 saturated heterocycles. The topological polar surface area (TPSA) is 87.8 Å². The number of sulfone groups is 1. The van der Waals surface area contributed by atoms with E-state index in [0.717, 1.165) is 30.6 Å². The van der Waals surface area contributed by atoms with Crippen molar-refractivity contribution in [3.05, 3.63) is 23.7 Å². The van der Waals surface area contributed by atoms with Crippen LogP contribution in [0.15, 0.2) is 16.7 Å². The van der Waals surface area contributed by atoms with Gasteiger partial charge in [-0.25, -0.2) is 8.42 Å². The fourth-order valence-corrected chi connectivity index (χ4v) is 5.24. The lowest BCUT2D eigenvalue weighted by atomic mass is 9.91. The first-order valence-corrected chi connectivity index (χ1v) is 9.02. The van der Waals surface area contributed by atoms with Crippen LogP contribution in [-0.2, 0) is 21.1 Å². The van der Waals surface area contributed by atoms with Gasteiger partial charge in [0, 0.05) is 24.1 Å². The Morgan fingerprint density at radius 3 is 2.90 bits per heavy atom. The lowest BCUT2D eigenvalue weighted by Crippen LogP contribution is -2.43. The van der Waals surface area contributed by atoms with Crippen LogP contribution in [0.4, 0.5) is 0 Å². The summed E-state index contributed by atoms with van der Waals surface area (Å²) in [6.07, 6.45) is 4.78. The molecule has 6 nitrogen and oxygen atoms in total. The van der Waals surface area contributed by atoms with Gasteiger partial charge >= 0.3 is 5.97 Å². The number of carbonyl (C=O) groups is 1. The van der Waals surface area contributed by atoms with Gasteiger partial charge in [-0.2, -0.15) is 0 Å². The minimum atomic E-state index is -3.04. The van der Waals surface area contributed by atoms with Gasteiger partial charge in [-0.05, 0) is 25.3 Å². The van der Waals surface area contributed by atoms with Crippen LogP contribution < -0.4 is 0 Å². The third-order valence-corrected chi connectivity index (χ3v) is 6.17. The summed E-state index contributed by atoms with van der Waals surface area (Å²) < 4.78 is 28.9. The molecular weight excluding hydrogens is 294 g/mol. The third-order valence-electron chi connectivity index (χ3n) is 4.42. The molecule has 1 aliphatic carbocycles. The number of nitrogens with zero attached hydrogens (tertiary/aromatic N) is 1. The highest BCUT2D eigenvalue weighted by Gasteiger charge is 2.38. The first-order valence-electron chi connectivity index (χ1n) is 7.20. The largest absolute Gasteiger partial charge is 0.480 e. The molecule has 1 aromatic heterocycles. The standard InChI is InChI=1S/C14H19NO5S/c16-14(17)8-15(10-5-7-21(18,19)9-10)12-2-1-3-13-11(12)4-6-20-13/h4,6,10,12H,1-3,5,7-9H2,(H,16,17). The van der Waals surface area contributed by atoms with Crippen molar-refractivity contribution in [1.29, 1.82) is 0 Å². The van der Waals surface area contributed by atoms with Crippen molar-refractivity contribution in [2.24, 2.45) is 0 Å². The van der Waals surface area contributed by atoms with Crippen molar-refractivity contribution in [2.75, 3.05) is 18.1 Å². The fourth-order valence-electron chi connectivity index (χ4n) is 3.49.